The van der Waals surface area contributed by atoms with Crippen LogP contribution in [-0.4, -0.2) is 25.2 Å². The summed E-state index contributed by atoms with van der Waals surface area (Å²) in [6, 6.07) is 22.2. The van der Waals surface area contributed by atoms with Crippen molar-refractivity contribution in [2.24, 2.45) is 0 Å². The molecule has 0 spiro atoms. The van der Waals surface area contributed by atoms with Gasteiger partial charge in [0.2, 0.25) is 15.9 Å². The molecule has 0 aliphatic carbocycles. The molecule has 0 atom stereocenters. The molecule has 1 N–H and O–H groups in total. The van der Waals surface area contributed by atoms with Gasteiger partial charge in [-0.15, -0.1) is 0 Å². The molecule has 3 aromatic carbocycles. The number of halogens is 1. The lowest BCUT2D eigenvalue weighted by atomic mass is 10.2. The Hall–Kier alpha value is -3.03. The third-order valence-corrected chi connectivity index (χ3v) is 5.84. The van der Waals surface area contributed by atoms with Crippen molar-refractivity contribution >= 4 is 21.6 Å². The van der Waals surface area contributed by atoms with Crippen LogP contribution in [0.15, 0.2) is 89.8 Å². The molecule has 0 saturated carbocycles. The zero-order valence-corrected chi connectivity index (χ0v) is 15.8. The maximum atomic E-state index is 13.2. The van der Waals surface area contributed by atoms with Crippen molar-refractivity contribution in [1.82, 2.24) is 4.31 Å². The average molecular weight is 398 g/mol. The molecule has 0 heterocycles. The molecule has 0 aromatic heterocycles. The zero-order valence-electron chi connectivity index (χ0n) is 15.0. The first-order chi connectivity index (χ1) is 13.4. The zero-order chi connectivity index (χ0) is 20.0. The van der Waals surface area contributed by atoms with Gasteiger partial charge in [-0.1, -0.05) is 48.5 Å². The molecule has 0 aliphatic rings. The third-order valence-electron chi connectivity index (χ3n) is 4.03. The maximum Gasteiger partial charge on any atom is 0.243 e. The van der Waals surface area contributed by atoms with Gasteiger partial charge in [0.25, 0.3) is 0 Å². The minimum Gasteiger partial charge on any atom is -0.325 e. The van der Waals surface area contributed by atoms with Crippen LogP contribution in [0.1, 0.15) is 5.56 Å². The summed E-state index contributed by atoms with van der Waals surface area (Å²) in [6.07, 6.45) is 0. The number of sulfonamides is 1. The lowest BCUT2D eigenvalue weighted by Crippen LogP contribution is -2.37. The summed E-state index contributed by atoms with van der Waals surface area (Å²) < 4.78 is 40.4. The van der Waals surface area contributed by atoms with E-state index in [1.807, 2.05) is 6.07 Å². The summed E-state index contributed by atoms with van der Waals surface area (Å²) in [7, 11) is -3.92. The second kappa shape index (κ2) is 8.77. The van der Waals surface area contributed by atoms with Crippen LogP contribution in [0.3, 0.4) is 0 Å². The Balaban J connectivity index is 1.85. The number of nitrogens with zero attached hydrogens (tertiary/aromatic N) is 1. The fraction of sp³-hybridized carbons (Fsp3) is 0.0952. The van der Waals surface area contributed by atoms with Crippen molar-refractivity contribution in [3.05, 3.63) is 96.3 Å². The van der Waals surface area contributed by atoms with Gasteiger partial charge in [0.1, 0.15) is 5.82 Å². The van der Waals surface area contributed by atoms with E-state index in [-0.39, 0.29) is 18.0 Å². The quantitative estimate of drug-likeness (QED) is 0.661. The van der Waals surface area contributed by atoms with Crippen molar-refractivity contribution in [3.8, 4) is 0 Å². The van der Waals surface area contributed by atoms with Gasteiger partial charge < -0.3 is 5.32 Å². The summed E-state index contributed by atoms with van der Waals surface area (Å²) in [4.78, 5) is 12.6. The number of benzene rings is 3. The first-order valence-corrected chi connectivity index (χ1v) is 10.0. The molecule has 7 heteroatoms. The van der Waals surface area contributed by atoms with Gasteiger partial charge in [0.05, 0.1) is 11.4 Å². The Bertz CT molecular complexity index is 1020. The first-order valence-electron chi connectivity index (χ1n) is 8.60. The van der Waals surface area contributed by atoms with Crippen LogP contribution in [0.5, 0.6) is 0 Å². The van der Waals surface area contributed by atoms with Crippen LogP contribution in [-0.2, 0) is 21.4 Å². The fourth-order valence-corrected chi connectivity index (χ4v) is 4.05. The molecule has 144 valence electrons. The number of hydrogen-bond donors (Lipinski definition) is 1. The SMILES string of the molecule is O=C(CN(Cc1ccc(F)cc1)S(=O)(=O)c1ccccc1)Nc1ccccc1. The summed E-state index contributed by atoms with van der Waals surface area (Å²) in [5.74, 6) is -0.879. The number of carbonyl (C=O) groups excluding carboxylic acids is 1. The van der Waals surface area contributed by atoms with E-state index in [2.05, 4.69) is 5.32 Å². The maximum absolute atomic E-state index is 13.2. The van der Waals surface area contributed by atoms with Crippen LogP contribution in [0.2, 0.25) is 0 Å². The molecule has 3 rings (SSSR count). The van der Waals surface area contributed by atoms with Crippen LogP contribution >= 0.6 is 0 Å². The van der Waals surface area contributed by atoms with Crippen LogP contribution in [0.4, 0.5) is 10.1 Å². The van der Waals surface area contributed by atoms with Gasteiger partial charge in [-0.2, -0.15) is 4.31 Å². The van der Waals surface area contributed by atoms with Crippen molar-refractivity contribution < 1.29 is 17.6 Å². The number of amides is 1. The van der Waals surface area contributed by atoms with E-state index in [0.717, 1.165) is 4.31 Å². The smallest absolute Gasteiger partial charge is 0.243 e. The topological polar surface area (TPSA) is 66.5 Å². The normalized spacial score (nSPS) is 11.4. The lowest BCUT2D eigenvalue weighted by Gasteiger charge is -2.22. The van der Waals surface area contributed by atoms with E-state index in [4.69, 9.17) is 0 Å². The monoisotopic (exact) mass is 398 g/mol. The van der Waals surface area contributed by atoms with Crippen molar-refractivity contribution in [1.29, 1.82) is 0 Å². The molecule has 28 heavy (non-hydrogen) atoms. The van der Waals surface area contributed by atoms with Crippen molar-refractivity contribution in [2.45, 2.75) is 11.4 Å². The lowest BCUT2D eigenvalue weighted by molar-refractivity contribution is -0.116. The molecular formula is C21H19FN2O3S. The highest BCUT2D eigenvalue weighted by atomic mass is 32.2. The van der Waals surface area contributed by atoms with Crippen molar-refractivity contribution in [2.75, 3.05) is 11.9 Å². The van der Waals surface area contributed by atoms with Crippen LogP contribution < -0.4 is 5.32 Å². The van der Waals surface area contributed by atoms with Crippen LogP contribution in [0.25, 0.3) is 0 Å². The summed E-state index contributed by atoms with van der Waals surface area (Å²) in [5.41, 5.74) is 1.15. The Morgan fingerprint density at radius 2 is 1.43 bits per heavy atom. The molecule has 0 unspecified atom stereocenters. The number of anilines is 1. The number of carbonyl (C=O) groups is 1. The molecule has 3 aromatic rings. The Labute approximate surface area is 163 Å². The van der Waals surface area contributed by atoms with Gasteiger partial charge >= 0.3 is 0 Å². The molecular weight excluding hydrogens is 379 g/mol. The summed E-state index contributed by atoms with van der Waals surface area (Å²) in [5, 5.41) is 2.69. The highest BCUT2D eigenvalue weighted by Gasteiger charge is 2.26. The second-order valence-corrected chi connectivity index (χ2v) is 8.06. The van der Waals surface area contributed by atoms with Gasteiger partial charge in [0, 0.05) is 12.2 Å². The standard InChI is InChI=1S/C21H19FN2O3S/c22-18-13-11-17(12-14-18)15-24(28(26,27)20-9-5-2-6-10-20)16-21(25)23-19-7-3-1-4-8-19/h1-14H,15-16H2,(H,23,25). The molecule has 1 amide bonds. The largest absolute Gasteiger partial charge is 0.325 e. The van der Waals surface area contributed by atoms with Crippen molar-refractivity contribution in [3.63, 3.8) is 0 Å². The number of para-hydroxylation sites is 1. The molecule has 0 fully saturated rings. The van der Waals surface area contributed by atoms with Gasteiger partial charge in [-0.25, -0.2) is 12.8 Å². The van der Waals surface area contributed by atoms with E-state index in [1.54, 1.807) is 42.5 Å². The molecule has 0 bridgehead atoms. The minimum absolute atomic E-state index is 0.0558. The highest BCUT2D eigenvalue weighted by Crippen LogP contribution is 2.19. The highest BCUT2D eigenvalue weighted by molar-refractivity contribution is 7.89. The van der Waals surface area contributed by atoms with E-state index in [1.165, 1.54) is 36.4 Å². The molecule has 5 nitrogen and oxygen atoms in total. The predicted molar refractivity (Wildman–Crippen MR) is 106 cm³/mol. The summed E-state index contributed by atoms with van der Waals surface area (Å²) >= 11 is 0. The number of rotatable bonds is 7. The third kappa shape index (κ3) is 5.03. The van der Waals surface area contributed by atoms with Gasteiger partial charge in [-0.3, -0.25) is 4.79 Å². The summed E-state index contributed by atoms with van der Waals surface area (Å²) in [6.45, 7) is -0.427. The Morgan fingerprint density at radius 1 is 0.857 bits per heavy atom. The number of hydrogen-bond acceptors (Lipinski definition) is 3. The van der Waals surface area contributed by atoms with Gasteiger partial charge in [-0.05, 0) is 42.0 Å². The molecule has 0 aliphatic heterocycles. The first kappa shape index (κ1) is 19.7. The number of nitrogens with one attached hydrogen (secondary N) is 1. The minimum atomic E-state index is -3.92. The van der Waals surface area contributed by atoms with E-state index in [0.29, 0.717) is 11.3 Å². The van der Waals surface area contributed by atoms with E-state index in [9.17, 15) is 17.6 Å². The Kier molecular flexibility index (Phi) is 6.18. The van der Waals surface area contributed by atoms with Crippen LogP contribution in [0, 0.1) is 5.82 Å². The Morgan fingerprint density at radius 3 is 2.04 bits per heavy atom. The fourth-order valence-electron chi connectivity index (χ4n) is 2.64. The van der Waals surface area contributed by atoms with E-state index >= 15 is 0 Å². The second-order valence-electron chi connectivity index (χ2n) is 6.13. The molecule has 0 radical (unpaired) electrons. The van der Waals surface area contributed by atoms with E-state index < -0.39 is 21.7 Å². The van der Waals surface area contributed by atoms with Gasteiger partial charge in [0.15, 0.2) is 0 Å². The molecule has 0 saturated heterocycles. The average Bonchev–Trinajstić information content (AvgIpc) is 2.70. The predicted octanol–water partition coefficient (Wildman–Crippen LogP) is 3.66.